The van der Waals surface area contributed by atoms with Crippen LogP contribution in [0.3, 0.4) is 0 Å². The predicted molar refractivity (Wildman–Crippen MR) is 73.8 cm³/mol. The zero-order valence-corrected chi connectivity index (χ0v) is 12.4. The molecule has 0 aliphatic carbocycles. The molecule has 0 aromatic carbocycles. The van der Waals surface area contributed by atoms with Gasteiger partial charge in [0.25, 0.3) is 5.91 Å². The SMILES string of the molecule is Cn1ccsc1=NC(=O)CSc1ccc(C(F)(F)F)cn1. The number of hydrogen-bond donors (Lipinski definition) is 0. The van der Waals surface area contributed by atoms with Gasteiger partial charge in [-0.1, -0.05) is 11.8 Å². The van der Waals surface area contributed by atoms with Crippen molar-refractivity contribution in [1.82, 2.24) is 9.55 Å². The predicted octanol–water partition coefficient (Wildman–Crippen LogP) is 2.72. The molecule has 2 aromatic rings. The van der Waals surface area contributed by atoms with Gasteiger partial charge < -0.3 is 4.57 Å². The number of alkyl halides is 3. The molecule has 0 saturated carbocycles. The van der Waals surface area contributed by atoms with E-state index in [1.54, 1.807) is 23.2 Å². The van der Waals surface area contributed by atoms with Gasteiger partial charge in [0.05, 0.1) is 16.3 Å². The third-order valence-electron chi connectivity index (χ3n) is 2.39. The van der Waals surface area contributed by atoms with Crippen molar-refractivity contribution in [1.29, 1.82) is 0 Å². The van der Waals surface area contributed by atoms with Crippen LogP contribution in [0, 0.1) is 0 Å². The Labute approximate surface area is 126 Å². The molecule has 0 aliphatic rings. The molecule has 0 aliphatic heterocycles. The number of halogens is 3. The van der Waals surface area contributed by atoms with E-state index in [2.05, 4.69) is 9.98 Å². The van der Waals surface area contributed by atoms with Crippen molar-refractivity contribution in [2.45, 2.75) is 11.2 Å². The topological polar surface area (TPSA) is 47.2 Å². The quantitative estimate of drug-likeness (QED) is 0.812. The van der Waals surface area contributed by atoms with Crippen LogP contribution in [0.1, 0.15) is 5.56 Å². The number of pyridine rings is 1. The van der Waals surface area contributed by atoms with Gasteiger partial charge in [0.2, 0.25) is 0 Å². The summed E-state index contributed by atoms with van der Waals surface area (Å²) < 4.78 is 38.8. The third kappa shape index (κ3) is 4.43. The van der Waals surface area contributed by atoms with Gasteiger partial charge in [-0.15, -0.1) is 11.3 Å². The van der Waals surface area contributed by atoms with Crippen molar-refractivity contribution in [2.24, 2.45) is 12.0 Å². The molecule has 0 spiro atoms. The Kier molecular flexibility index (Phi) is 4.84. The first kappa shape index (κ1) is 15.8. The lowest BCUT2D eigenvalue weighted by atomic mass is 10.3. The number of rotatable bonds is 3. The molecule has 0 atom stereocenters. The molecule has 0 saturated heterocycles. The lowest BCUT2D eigenvalue weighted by Crippen LogP contribution is -2.13. The van der Waals surface area contributed by atoms with Crippen LogP contribution in [0.15, 0.2) is 39.9 Å². The minimum Gasteiger partial charge on any atom is -0.327 e. The summed E-state index contributed by atoms with van der Waals surface area (Å²) in [5.74, 6) is -0.337. The highest BCUT2D eigenvalue weighted by atomic mass is 32.2. The van der Waals surface area contributed by atoms with Gasteiger partial charge in [0.15, 0.2) is 4.80 Å². The molecule has 0 N–H and O–H groups in total. The van der Waals surface area contributed by atoms with Crippen molar-refractivity contribution >= 4 is 29.0 Å². The zero-order valence-electron chi connectivity index (χ0n) is 10.8. The van der Waals surface area contributed by atoms with Crippen LogP contribution in [0.25, 0.3) is 0 Å². The summed E-state index contributed by atoms with van der Waals surface area (Å²) >= 11 is 2.38. The van der Waals surface area contributed by atoms with Gasteiger partial charge in [-0.25, -0.2) is 4.98 Å². The average molecular weight is 333 g/mol. The number of nitrogens with zero attached hydrogens (tertiary/aromatic N) is 3. The Morgan fingerprint density at radius 2 is 2.24 bits per heavy atom. The van der Waals surface area contributed by atoms with E-state index in [0.717, 1.165) is 24.0 Å². The van der Waals surface area contributed by atoms with E-state index in [1.165, 1.54) is 17.4 Å². The molecule has 112 valence electrons. The smallest absolute Gasteiger partial charge is 0.327 e. The van der Waals surface area contributed by atoms with Gasteiger partial charge in [0.1, 0.15) is 0 Å². The minimum absolute atomic E-state index is 0.0241. The van der Waals surface area contributed by atoms with Crippen molar-refractivity contribution < 1.29 is 18.0 Å². The van der Waals surface area contributed by atoms with Crippen molar-refractivity contribution in [2.75, 3.05) is 5.75 Å². The van der Waals surface area contributed by atoms with E-state index >= 15 is 0 Å². The fourth-order valence-electron chi connectivity index (χ4n) is 1.34. The number of amides is 1. The summed E-state index contributed by atoms with van der Waals surface area (Å²) in [5, 5.41) is 2.15. The van der Waals surface area contributed by atoms with E-state index in [1.807, 2.05) is 0 Å². The first-order chi connectivity index (χ1) is 9.86. The second kappa shape index (κ2) is 6.44. The van der Waals surface area contributed by atoms with Crippen molar-refractivity contribution in [3.63, 3.8) is 0 Å². The molecule has 1 amide bonds. The largest absolute Gasteiger partial charge is 0.417 e. The second-order valence-corrected chi connectivity index (χ2v) is 5.84. The standard InChI is InChI=1S/C12H10F3N3OS2/c1-18-4-5-20-11(18)17-9(19)7-21-10-3-2-8(6-16-10)12(13,14)15/h2-6H,7H2,1H3. The fraction of sp³-hybridized carbons (Fsp3) is 0.250. The number of carbonyl (C=O) groups is 1. The Balaban J connectivity index is 1.98. The molecule has 9 heteroatoms. The molecule has 0 fully saturated rings. The first-order valence-corrected chi connectivity index (χ1v) is 7.56. The Morgan fingerprint density at radius 1 is 1.48 bits per heavy atom. The molecule has 21 heavy (non-hydrogen) atoms. The van der Waals surface area contributed by atoms with Crippen LogP contribution < -0.4 is 4.80 Å². The van der Waals surface area contributed by atoms with Crippen LogP contribution in [0.2, 0.25) is 0 Å². The minimum atomic E-state index is -4.41. The van der Waals surface area contributed by atoms with Crippen LogP contribution in [-0.2, 0) is 18.0 Å². The van der Waals surface area contributed by atoms with E-state index in [0.29, 0.717) is 9.83 Å². The average Bonchev–Trinajstić information content (AvgIpc) is 2.81. The van der Waals surface area contributed by atoms with Gasteiger partial charge in [-0.3, -0.25) is 4.79 Å². The Hall–Kier alpha value is -1.61. The Morgan fingerprint density at radius 3 is 2.76 bits per heavy atom. The first-order valence-electron chi connectivity index (χ1n) is 5.70. The lowest BCUT2D eigenvalue weighted by Gasteiger charge is -2.05. The Bertz CT molecular complexity index is 689. The summed E-state index contributed by atoms with van der Waals surface area (Å²) in [6, 6.07) is 2.18. The summed E-state index contributed by atoms with van der Waals surface area (Å²) in [5.41, 5.74) is -0.812. The fourth-order valence-corrected chi connectivity index (χ4v) is 2.72. The lowest BCUT2D eigenvalue weighted by molar-refractivity contribution is -0.137. The van der Waals surface area contributed by atoms with Crippen LogP contribution in [-0.4, -0.2) is 21.2 Å². The van der Waals surface area contributed by atoms with Crippen molar-refractivity contribution in [3.05, 3.63) is 40.3 Å². The van der Waals surface area contributed by atoms with Crippen LogP contribution >= 0.6 is 23.1 Å². The molecular weight excluding hydrogens is 323 g/mol. The molecule has 2 rings (SSSR count). The molecule has 0 bridgehead atoms. The zero-order chi connectivity index (χ0) is 15.5. The molecule has 0 unspecified atom stereocenters. The molecular formula is C12H10F3N3OS2. The van der Waals surface area contributed by atoms with E-state index in [9.17, 15) is 18.0 Å². The highest BCUT2D eigenvalue weighted by Crippen LogP contribution is 2.29. The van der Waals surface area contributed by atoms with Gasteiger partial charge in [-0.05, 0) is 12.1 Å². The van der Waals surface area contributed by atoms with E-state index in [4.69, 9.17) is 0 Å². The van der Waals surface area contributed by atoms with Crippen molar-refractivity contribution in [3.8, 4) is 0 Å². The van der Waals surface area contributed by atoms with Gasteiger partial charge in [0, 0.05) is 24.8 Å². The maximum absolute atomic E-state index is 12.4. The normalized spacial score (nSPS) is 12.7. The summed E-state index contributed by atoms with van der Waals surface area (Å²) in [7, 11) is 1.77. The second-order valence-electron chi connectivity index (χ2n) is 3.97. The highest BCUT2D eigenvalue weighted by Gasteiger charge is 2.30. The van der Waals surface area contributed by atoms with Gasteiger partial charge in [-0.2, -0.15) is 18.2 Å². The number of aryl methyl sites for hydroxylation is 1. The van der Waals surface area contributed by atoms with Crippen LogP contribution in [0.5, 0.6) is 0 Å². The number of carbonyl (C=O) groups excluding carboxylic acids is 1. The molecule has 2 heterocycles. The highest BCUT2D eigenvalue weighted by molar-refractivity contribution is 7.99. The number of thiazole rings is 1. The monoisotopic (exact) mass is 333 g/mol. The maximum Gasteiger partial charge on any atom is 0.417 e. The van der Waals surface area contributed by atoms with E-state index in [-0.39, 0.29) is 11.7 Å². The number of thioether (sulfide) groups is 1. The van der Waals surface area contributed by atoms with Gasteiger partial charge >= 0.3 is 6.18 Å². The summed E-state index contributed by atoms with van der Waals surface area (Å²) in [4.78, 5) is 19.8. The molecule has 4 nitrogen and oxygen atoms in total. The maximum atomic E-state index is 12.4. The third-order valence-corrected chi connectivity index (χ3v) is 4.16. The summed E-state index contributed by atoms with van der Waals surface area (Å²) in [6.45, 7) is 0. The number of hydrogen-bond acceptors (Lipinski definition) is 4. The summed E-state index contributed by atoms with van der Waals surface area (Å²) in [6.07, 6.45) is -1.88. The molecule has 2 aromatic heterocycles. The number of aromatic nitrogens is 2. The molecule has 0 radical (unpaired) electrons. The van der Waals surface area contributed by atoms with Crippen LogP contribution in [0.4, 0.5) is 13.2 Å². The van der Waals surface area contributed by atoms with E-state index < -0.39 is 11.7 Å².